The van der Waals surface area contributed by atoms with Gasteiger partial charge in [0.1, 0.15) is 0 Å². The first kappa shape index (κ1) is 12.6. The van der Waals surface area contributed by atoms with E-state index in [1.54, 1.807) is 16.2 Å². The molecule has 1 aliphatic heterocycles. The van der Waals surface area contributed by atoms with Crippen LogP contribution in [0.4, 0.5) is 5.69 Å². The van der Waals surface area contributed by atoms with Crippen molar-refractivity contribution in [3.05, 3.63) is 57.6 Å². The second-order valence-electron chi connectivity index (χ2n) is 3.91. The van der Waals surface area contributed by atoms with Crippen molar-refractivity contribution in [3.63, 3.8) is 0 Å². The number of hydrogen-bond donors (Lipinski definition) is 0. The van der Waals surface area contributed by atoms with Crippen molar-refractivity contribution in [2.24, 2.45) is 0 Å². The van der Waals surface area contributed by atoms with Gasteiger partial charge >= 0.3 is 0 Å². The van der Waals surface area contributed by atoms with Gasteiger partial charge in [0.15, 0.2) is 4.32 Å². The van der Waals surface area contributed by atoms with Crippen LogP contribution >= 0.6 is 35.3 Å². The van der Waals surface area contributed by atoms with Gasteiger partial charge in [0.05, 0.1) is 10.6 Å². The normalized spacial score (nSPS) is 17.5. The average molecular weight is 303 g/mol. The van der Waals surface area contributed by atoms with Gasteiger partial charge in [-0.05, 0) is 40.6 Å². The molecular weight excluding hydrogens is 294 g/mol. The number of thiophene rings is 1. The van der Waals surface area contributed by atoms with Crippen LogP contribution in [0.25, 0.3) is 6.08 Å². The third kappa shape index (κ3) is 2.49. The van der Waals surface area contributed by atoms with E-state index >= 15 is 0 Å². The molecule has 3 rings (SSSR count). The van der Waals surface area contributed by atoms with Gasteiger partial charge in [-0.25, -0.2) is 0 Å². The van der Waals surface area contributed by atoms with E-state index in [2.05, 4.69) is 0 Å². The van der Waals surface area contributed by atoms with Crippen LogP contribution in [0.3, 0.4) is 0 Å². The zero-order valence-corrected chi connectivity index (χ0v) is 12.2. The van der Waals surface area contributed by atoms with E-state index in [9.17, 15) is 4.79 Å². The summed E-state index contributed by atoms with van der Waals surface area (Å²) in [6.07, 6.45) is 1.89. The number of anilines is 1. The van der Waals surface area contributed by atoms with Crippen LogP contribution in [0.5, 0.6) is 0 Å². The fraction of sp³-hybridized carbons (Fsp3) is 0. The molecule has 0 bridgehead atoms. The summed E-state index contributed by atoms with van der Waals surface area (Å²) >= 11 is 8.26. The Balaban J connectivity index is 1.94. The molecule has 0 saturated carbocycles. The second kappa shape index (κ2) is 5.28. The van der Waals surface area contributed by atoms with Crippen molar-refractivity contribution in [1.82, 2.24) is 0 Å². The summed E-state index contributed by atoms with van der Waals surface area (Å²) in [6.45, 7) is 0. The van der Waals surface area contributed by atoms with E-state index in [-0.39, 0.29) is 5.91 Å². The number of nitrogens with zero attached hydrogens (tertiary/aromatic N) is 1. The quantitative estimate of drug-likeness (QED) is 0.614. The molecule has 2 heterocycles. The van der Waals surface area contributed by atoms with Crippen molar-refractivity contribution in [2.75, 3.05) is 4.90 Å². The minimum atomic E-state index is -0.0487. The third-order valence-electron chi connectivity index (χ3n) is 2.65. The Morgan fingerprint density at radius 2 is 1.95 bits per heavy atom. The summed E-state index contributed by atoms with van der Waals surface area (Å²) in [4.78, 5) is 14.7. The number of carbonyl (C=O) groups is 1. The maximum atomic E-state index is 12.4. The monoisotopic (exact) mass is 303 g/mol. The zero-order chi connectivity index (χ0) is 13.2. The Morgan fingerprint density at radius 1 is 1.16 bits per heavy atom. The minimum Gasteiger partial charge on any atom is -0.268 e. The first-order chi connectivity index (χ1) is 9.25. The standard InChI is InChI=1S/C14H9NOS3/c16-13-12(8-10-6-7-18-9-10)19-14(17)15(13)11-4-2-1-3-5-11/h1-9H/b12-8+. The van der Waals surface area contributed by atoms with Gasteiger partial charge < -0.3 is 0 Å². The molecule has 1 aromatic heterocycles. The maximum absolute atomic E-state index is 12.4. The van der Waals surface area contributed by atoms with Gasteiger partial charge in [-0.3, -0.25) is 9.69 Å². The highest BCUT2D eigenvalue weighted by Gasteiger charge is 2.33. The number of thiocarbonyl (C=S) groups is 1. The van der Waals surface area contributed by atoms with Gasteiger partial charge in [0, 0.05) is 0 Å². The summed E-state index contributed by atoms with van der Waals surface area (Å²) in [5.41, 5.74) is 1.86. The van der Waals surface area contributed by atoms with E-state index < -0.39 is 0 Å². The Morgan fingerprint density at radius 3 is 2.63 bits per heavy atom. The average Bonchev–Trinajstić information content (AvgIpc) is 3.01. The topological polar surface area (TPSA) is 20.3 Å². The van der Waals surface area contributed by atoms with Gasteiger partial charge in [-0.15, -0.1) is 0 Å². The fourth-order valence-corrected chi connectivity index (χ4v) is 3.69. The number of amides is 1. The third-order valence-corrected chi connectivity index (χ3v) is 4.65. The van der Waals surface area contributed by atoms with Crippen molar-refractivity contribution < 1.29 is 4.79 Å². The number of thioether (sulfide) groups is 1. The highest BCUT2D eigenvalue weighted by Crippen LogP contribution is 2.35. The summed E-state index contributed by atoms with van der Waals surface area (Å²) in [5, 5.41) is 4.00. The molecule has 0 aliphatic carbocycles. The molecule has 0 radical (unpaired) electrons. The number of carbonyl (C=O) groups excluding carboxylic acids is 1. The van der Waals surface area contributed by atoms with Crippen molar-refractivity contribution in [3.8, 4) is 0 Å². The van der Waals surface area contributed by atoms with Crippen LogP contribution < -0.4 is 4.90 Å². The molecule has 1 amide bonds. The molecule has 5 heteroatoms. The minimum absolute atomic E-state index is 0.0487. The highest BCUT2D eigenvalue weighted by molar-refractivity contribution is 8.27. The number of rotatable bonds is 2. The summed E-state index contributed by atoms with van der Waals surface area (Å²) in [6, 6.07) is 11.5. The Hall–Kier alpha value is -1.43. The molecule has 94 valence electrons. The molecule has 1 aliphatic rings. The lowest BCUT2D eigenvalue weighted by atomic mass is 10.2. The second-order valence-corrected chi connectivity index (χ2v) is 6.37. The van der Waals surface area contributed by atoms with Gasteiger partial charge in [0.25, 0.3) is 5.91 Å². The molecule has 1 aromatic carbocycles. The van der Waals surface area contributed by atoms with Crippen LogP contribution in [0.15, 0.2) is 52.1 Å². The Kier molecular flexibility index (Phi) is 3.50. The largest absolute Gasteiger partial charge is 0.270 e. The van der Waals surface area contributed by atoms with E-state index in [1.165, 1.54) is 11.8 Å². The van der Waals surface area contributed by atoms with Crippen LogP contribution in [-0.2, 0) is 4.79 Å². The Bertz CT molecular complexity index is 647. The predicted octanol–water partition coefficient (Wildman–Crippen LogP) is 4.15. The van der Waals surface area contributed by atoms with Crippen LogP contribution in [0.1, 0.15) is 5.56 Å². The van der Waals surface area contributed by atoms with E-state index in [0.29, 0.717) is 9.23 Å². The molecule has 0 N–H and O–H groups in total. The zero-order valence-electron chi connectivity index (χ0n) is 9.78. The van der Waals surface area contributed by atoms with E-state index in [4.69, 9.17) is 12.2 Å². The van der Waals surface area contributed by atoms with Crippen molar-refractivity contribution >= 4 is 57.3 Å². The molecule has 19 heavy (non-hydrogen) atoms. The first-order valence-electron chi connectivity index (χ1n) is 5.61. The summed E-state index contributed by atoms with van der Waals surface area (Å²) in [7, 11) is 0. The Labute approximate surface area is 124 Å². The number of para-hydroxylation sites is 1. The SMILES string of the molecule is O=C1/C(=C\c2ccsc2)SC(=S)N1c1ccccc1. The lowest BCUT2D eigenvalue weighted by Gasteiger charge is -2.13. The van der Waals surface area contributed by atoms with Gasteiger partial charge in [-0.1, -0.05) is 42.2 Å². The molecule has 2 aromatic rings. The summed E-state index contributed by atoms with van der Waals surface area (Å²) in [5.74, 6) is -0.0487. The van der Waals surface area contributed by atoms with Crippen molar-refractivity contribution in [2.45, 2.75) is 0 Å². The molecule has 0 unspecified atom stereocenters. The number of benzene rings is 1. The predicted molar refractivity (Wildman–Crippen MR) is 86.4 cm³/mol. The molecule has 0 spiro atoms. The van der Waals surface area contributed by atoms with Crippen molar-refractivity contribution in [1.29, 1.82) is 0 Å². The highest BCUT2D eigenvalue weighted by atomic mass is 32.2. The number of hydrogen-bond acceptors (Lipinski definition) is 4. The molecule has 1 fully saturated rings. The molecular formula is C14H9NOS3. The van der Waals surface area contributed by atoms with Gasteiger partial charge in [0.2, 0.25) is 0 Å². The molecule has 2 nitrogen and oxygen atoms in total. The van der Waals surface area contributed by atoms with Gasteiger partial charge in [-0.2, -0.15) is 11.3 Å². The van der Waals surface area contributed by atoms with Crippen LogP contribution in [0.2, 0.25) is 0 Å². The lowest BCUT2D eigenvalue weighted by Crippen LogP contribution is -2.27. The first-order valence-corrected chi connectivity index (χ1v) is 7.77. The van der Waals surface area contributed by atoms with E-state index in [0.717, 1.165) is 11.3 Å². The molecule has 1 saturated heterocycles. The lowest BCUT2D eigenvalue weighted by molar-refractivity contribution is -0.113. The van der Waals surface area contributed by atoms with E-state index in [1.807, 2.05) is 53.2 Å². The smallest absolute Gasteiger partial charge is 0.268 e. The maximum Gasteiger partial charge on any atom is 0.270 e. The summed E-state index contributed by atoms with van der Waals surface area (Å²) < 4.78 is 0.581. The van der Waals surface area contributed by atoms with Crippen LogP contribution in [0, 0.1) is 0 Å². The van der Waals surface area contributed by atoms with Crippen LogP contribution in [-0.4, -0.2) is 10.2 Å². The fourth-order valence-electron chi connectivity index (χ4n) is 1.78. The molecule has 0 atom stereocenters.